The second-order valence-corrected chi connectivity index (χ2v) is 6.30. The van der Waals surface area contributed by atoms with Crippen LogP contribution in [0.1, 0.15) is 19.3 Å². The molecule has 1 saturated heterocycles. The standard InChI is InChI=1S/C16H20N4OS/c1-17-14(21)11-12-7-9-20(10-8-12)16-18-15(19-22-16)13-5-3-2-4-6-13/h2-6,12H,7-11H2,1H3,(H,17,21). The molecule has 1 aromatic heterocycles. The number of piperidine rings is 1. The van der Waals surface area contributed by atoms with Crippen molar-refractivity contribution in [1.82, 2.24) is 14.7 Å². The molecule has 1 aliphatic heterocycles. The van der Waals surface area contributed by atoms with Crippen molar-refractivity contribution in [2.45, 2.75) is 19.3 Å². The summed E-state index contributed by atoms with van der Waals surface area (Å²) in [6, 6.07) is 10.1. The molecule has 0 saturated carbocycles. The van der Waals surface area contributed by atoms with E-state index >= 15 is 0 Å². The van der Waals surface area contributed by atoms with Crippen LogP contribution in [-0.4, -0.2) is 35.4 Å². The summed E-state index contributed by atoms with van der Waals surface area (Å²) in [4.78, 5) is 18.4. The molecule has 1 N–H and O–H groups in total. The number of carbonyl (C=O) groups excluding carboxylic acids is 1. The van der Waals surface area contributed by atoms with Gasteiger partial charge in [0.25, 0.3) is 0 Å². The largest absolute Gasteiger partial charge is 0.359 e. The van der Waals surface area contributed by atoms with E-state index in [4.69, 9.17) is 0 Å². The van der Waals surface area contributed by atoms with Crippen LogP contribution >= 0.6 is 11.5 Å². The molecule has 2 heterocycles. The van der Waals surface area contributed by atoms with Gasteiger partial charge in [-0.05, 0) is 18.8 Å². The quantitative estimate of drug-likeness (QED) is 0.942. The molecule has 1 fully saturated rings. The molecule has 116 valence electrons. The van der Waals surface area contributed by atoms with Crippen molar-refractivity contribution in [2.75, 3.05) is 25.0 Å². The number of hydrogen-bond acceptors (Lipinski definition) is 5. The molecule has 0 atom stereocenters. The molecule has 0 bridgehead atoms. The fraction of sp³-hybridized carbons (Fsp3) is 0.438. The normalized spacial score (nSPS) is 15.8. The van der Waals surface area contributed by atoms with Gasteiger partial charge in [0.1, 0.15) is 0 Å². The molecule has 1 amide bonds. The van der Waals surface area contributed by atoms with Crippen molar-refractivity contribution in [3.63, 3.8) is 0 Å². The highest BCUT2D eigenvalue weighted by molar-refractivity contribution is 7.09. The third-order valence-electron chi connectivity index (χ3n) is 4.09. The lowest BCUT2D eigenvalue weighted by atomic mass is 9.93. The number of rotatable bonds is 4. The maximum absolute atomic E-state index is 11.4. The molecule has 3 rings (SSSR count). The van der Waals surface area contributed by atoms with Crippen LogP contribution in [-0.2, 0) is 4.79 Å². The molecular weight excluding hydrogens is 296 g/mol. The monoisotopic (exact) mass is 316 g/mol. The van der Waals surface area contributed by atoms with Gasteiger partial charge >= 0.3 is 0 Å². The van der Waals surface area contributed by atoms with Gasteiger partial charge < -0.3 is 10.2 Å². The number of anilines is 1. The van der Waals surface area contributed by atoms with E-state index in [0.29, 0.717) is 12.3 Å². The van der Waals surface area contributed by atoms with Crippen molar-refractivity contribution in [3.05, 3.63) is 30.3 Å². The zero-order valence-electron chi connectivity index (χ0n) is 12.7. The highest BCUT2D eigenvalue weighted by Gasteiger charge is 2.23. The molecule has 2 aromatic rings. The summed E-state index contributed by atoms with van der Waals surface area (Å²) in [5, 5.41) is 3.69. The number of amides is 1. The van der Waals surface area contributed by atoms with Gasteiger partial charge in [0.15, 0.2) is 5.82 Å². The first-order valence-electron chi connectivity index (χ1n) is 7.61. The lowest BCUT2D eigenvalue weighted by Gasteiger charge is -2.31. The van der Waals surface area contributed by atoms with E-state index in [1.807, 2.05) is 30.3 Å². The molecular formula is C16H20N4OS. The minimum atomic E-state index is 0.140. The zero-order valence-corrected chi connectivity index (χ0v) is 13.5. The van der Waals surface area contributed by atoms with Crippen LogP contribution < -0.4 is 10.2 Å². The van der Waals surface area contributed by atoms with E-state index in [9.17, 15) is 4.79 Å². The van der Waals surface area contributed by atoms with Crippen molar-refractivity contribution >= 4 is 22.6 Å². The fourth-order valence-corrected chi connectivity index (χ4v) is 3.48. The van der Waals surface area contributed by atoms with E-state index in [0.717, 1.165) is 42.5 Å². The van der Waals surface area contributed by atoms with Gasteiger partial charge in [0, 0.05) is 43.7 Å². The SMILES string of the molecule is CNC(=O)CC1CCN(c2nc(-c3ccccc3)ns2)CC1. The number of nitrogens with one attached hydrogen (secondary N) is 1. The van der Waals surface area contributed by atoms with E-state index in [-0.39, 0.29) is 5.91 Å². The molecule has 0 unspecified atom stereocenters. The Hall–Kier alpha value is -1.95. The lowest BCUT2D eigenvalue weighted by Crippen LogP contribution is -2.35. The summed E-state index contributed by atoms with van der Waals surface area (Å²) in [5.41, 5.74) is 1.06. The second-order valence-electron chi connectivity index (χ2n) is 5.57. The minimum Gasteiger partial charge on any atom is -0.359 e. The van der Waals surface area contributed by atoms with Gasteiger partial charge in [0.2, 0.25) is 11.0 Å². The fourth-order valence-electron chi connectivity index (χ4n) is 2.74. The number of carbonyl (C=O) groups is 1. The Bertz CT molecular complexity index is 620. The molecule has 0 aliphatic carbocycles. The molecule has 0 radical (unpaired) electrons. The summed E-state index contributed by atoms with van der Waals surface area (Å²) >= 11 is 1.46. The van der Waals surface area contributed by atoms with Gasteiger partial charge in [-0.15, -0.1) is 0 Å². The predicted molar refractivity (Wildman–Crippen MR) is 89.0 cm³/mol. The maximum atomic E-state index is 11.4. The Morgan fingerprint density at radius 1 is 1.32 bits per heavy atom. The van der Waals surface area contributed by atoms with Gasteiger partial charge in [-0.1, -0.05) is 30.3 Å². The highest BCUT2D eigenvalue weighted by Crippen LogP contribution is 2.28. The number of aromatic nitrogens is 2. The van der Waals surface area contributed by atoms with Crippen LogP contribution in [0.4, 0.5) is 5.13 Å². The second kappa shape index (κ2) is 6.87. The Labute approximate surface area is 134 Å². The van der Waals surface area contributed by atoms with E-state index < -0.39 is 0 Å². The third-order valence-corrected chi connectivity index (χ3v) is 4.86. The van der Waals surface area contributed by atoms with Gasteiger partial charge in [-0.3, -0.25) is 4.79 Å². The average molecular weight is 316 g/mol. The van der Waals surface area contributed by atoms with Gasteiger partial charge in [-0.25, -0.2) is 0 Å². The van der Waals surface area contributed by atoms with Crippen LogP contribution in [0, 0.1) is 5.92 Å². The summed E-state index contributed by atoms with van der Waals surface area (Å²) in [6.45, 7) is 1.90. The van der Waals surface area contributed by atoms with Crippen molar-refractivity contribution in [1.29, 1.82) is 0 Å². The minimum absolute atomic E-state index is 0.140. The molecule has 22 heavy (non-hydrogen) atoms. The summed E-state index contributed by atoms with van der Waals surface area (Å²) in [5.74, 6) is 1.42. The van der Waals surface area contributed by atoms with Crippen LogP contribution in [0.15, 0.2) is 30.3 Å². The van der Waals surface area contributed by atoms with Crippen molar-refractivity contribution in [2.24, 2.45) is 5.92 Å². The van der Waals surface area contributed by atoms with Gasteiger partial charge in [0.05, 0.1) is 0 Å². The molecule has 1 aromatic carbocycles. The first-order valence-corrected chi connectivity index (χ1v) is 8.38. The van der Waals surface area contributed by atoms with Crippen LogP contribution in [0.5, 0.6) is 0 Å². The molecule has 5 nitrogen and oxygen atoms in total. The summed E-state index contributed by atoms with van der Waals surface area (Å²) in [6.07, 6.45) is 2.71. The van der Waals surface area contributed by atoms with Crippen LogP contribution in [0.2, 0.25) is 0 Å². The number of hydrogen-bond donors (Lipinski definition) is 1. The Morgan fingerprint density at radius 3 is 2.73 bits per heavy atom. The predicted octanol–water partition coefficient (Wildman–Crippen LogP) is 2.56. The molecule has 1 aliphatic rings. The van der Waals surface area contributed by atoms with Crippen LogP contribution in [0.25, 0.3) is 11.4 Å². The topological polar surface area (TPSA) is 58.1 Å². The van der Waals surface area contributed by atoms with E-state index in [2.05, 4.69) is 19.6 Å². The zero-order chi connectivity index (χ0) is 15.4. The summed E-state index contributed by atoms with van der Waals surface area (Å²) < 4.78 is 4.47. The maximum Gasteiger partial charge on any atom is 0.220 e. The van der Waals surface area contributed by atoms with Gasteiger partial charge in [-0.2, -0.15) is 9.36 Å². The first-order chi connectivity index (χ1) is 10.8. The first kappa shape index (κ1) is 15.0. The Balaban J connectivity index is 1.60. The number of nitrogens with zero attached hydrogens (tertiary/aromatic N) is 3. The summed E-state index contributed by atoms with van der Waals surface area (Å²) in [7, 11) is 1.70. The molecule has 0 spiro atoms. The highest BCUT2D eigenvalue weighted by atomic mass is 32.1. The van der Waals surface area contributed by atoms with Crippen LogP contribution in [0.3, 0.4) is 0 Å². The number of benzene rings is 1. The van der Waals surface area contributed by atoms with Crippen molar-refractivity contribution < 1.29 is 4.79 Å². The third kappa shape index (κ3) is 3.44. The van der Waals surface area contributed by atoms with E-state index in [1.165, 1.54) is 11.5 Å². The smallest absolute Gasteiger partial charge is 0.220 e. The lowest BCUT2D eigenvalue weighted by molar-refractivity contribution is -0.121. The van der Waals surface area contributed by atoms with E-state index in [1.54, 1.807) is 7.05 Å². The van der Waals surface area contributed by atoms with Crippen molar-refractivity contribution in [3.8, 4) is 11.4 Å². The molecule has 6 heteroatoms. The Morgan fingerprint density at radius 2 is 2.05 bits per heavy atom. The average Bonchev–Trinajstić information content (AvgIpc) is 3.06. The Kier molecular flexibility index (Phi) is 4.68.